The lowest BCUT2D eigenvalue weighted by Gasteiger charge is -2.18. The van der Waals surface area contributed by atoms with Crippen LogP contribution in [-0.4, -0.2) is 6.61 Å². The van der Waals surface area contributed by atoms with Crippen LogP contribution < -0.4 is 5.32 Å². The van der Waals surface area contributed by atoms with Gasteiger partial charge in [-0.2, -0.15) is 0 Å². The largest absolute Gasteiger partial charge is 0.377 e. The highest BCUT2D eigenvalue weighted by atomic mass is 32.1. The van der Waals surface area contributed by atoms with E-state index in [0.29, 0.717) is 12.6 Å². The van der Waals surface area contributed by atoms with E-state index in [-0.39, 0.29) is 0 Å². The summed E-state index contributed by atoms with van der Waals surface area (Å²) in [6, 6.07) is 10.8. The van der Waals surface area contributed by atoms with Crippen molar-refractivity contribution in [2.75, 3.05) is 11.9 Å². The molecule has 1 atom stereocenters. The van der Waals surface area contributed by atoms with Gasteiger partial charge in [0.25, 0.3) is 0 Å². The predicted octanol–water partition coefficient (Wildman–Crippen LogP) is 4.77. The van der Waals surface area contributed by atoms with Gasteiger partial charge in [0.05, 0.1) is 12.6 Å². The first-order chi connectivity index (χ1) is 9.22. The van der Waals surface area contributed by atoms with Crippen molar-refractivity contribution in [3.63, 3.8) is 0 Å². The van der Waals surface area contributed by atoms with Crippen molar-refractivity contribution in [2.45, 2.75) is 33.4 Å². The number of para-hydroxylation sites is 1. The molecule has 3 heteroatoms. The monoisotopic (exact) mass is 275 g/mol. The number of hydrogen-bond acceptors (Lipinski definition) is 3. The van der Waals surface area contributed by atoms with E-state index in [1.807, 2.05) is 6.92 Å². The minimum atomic E-state index is 0.322. The Morgan fingerprint density at radius 1 is 1.26 bits per heavy atom. The summed E-state index contributed by atoms with van der Waals surface area (Å²) in [5, 5.41) is 5.74. The molecule has 0 aliphatic heterocycles. The maximum absolute atomic E-state index is 5.52. The van der Waals surface area contributed by atoms with Gasteiger partial charge in [0.2, 0.25) is 0 Å². The second-order valence-electron chi connectivity index (χ2n) is 4.63. The molecule has 2 nitrogen and oxygen atoms in total. The van der Waals surface area contributed by atoms with Gasteiger partial charge in [0.15, 0.2) is 0 Å². The van der Waals surface area contributed by atoms with Gasteiger partial charge in [-0.1, -0.05) is 18.2 Å². The first kappa shape index (κ1) is 14.1. The van der Waals surface area contributed by atoms with Crippen LogP contribution in [-0.2, 0) is 11.3 Å². The van der Waals surface area contributed by atoms with Crippen molar-refractivity contribution in [3.8, 4) is 0 Å². The molecule has 2 rings (SSSR count). The summed E-state index contributed by atoms with van der Waals surface area (Å²) in [6.07, 6.45) is 0. The number of anilines is 1. The first-order valence-electron chi connectivity index (χ1n) is 6.68. The predicted molar refractivity (Wildman–Crippen MR) is 82.9 cm³/mol. The molecule has 1 aromatic carbocycles. The molecule has 2 aromatic rings. The zero-order valence-corrected chi connectivity index (χ0v) is 12.6. The zero-order valence-electron chi connectivity index (χ0n) is 11.8. The van der Waals surface area contributed by atoms with Gasteiger partial charge < -0.3 is 10.1 Å². The third-order valence-corrected chi connectivity index (χ3v) is 4.35. The number of nitrogens with one attached hydrogen (secondary N) is 1. The molecular weight excluding hydrogens is 254 g/mol. The molecular formula is C16H21NOS. The normalized spacial score (nSPS) is 12.4. The van der Waals surface area contributed by atoms with Crippen molar-refractivity contribution >= 4 is 17.0 Å². The fourth-order valence-electron chi connectivity index (χ4n) is 2.13. The second-order valence-corrected chi connectivity index (χ2v) is 5.58. The Kier molecular flexibility index (Phi) is 5.00. The Hall–Kier alpha value is -1.32. The third-order valence-electron chi connectivity index (χ3n) is 3.15. The number of ether oxygens (including phenoxy) is 1. The molecule has 1 N–H and O–H groups in total. The smallest absolute Gasteiger partial charge is 0.0736 e. The summed E-state index contributed by atoms with van der Waals surface area (Å²) in [7, 11) is 0. The average Bonchev–Trinajstić information content (AvgIpc) is 2.84. The molecule has 0 bridgehead atoms. The lowest BCUT2D eigenvalue weighted by Crippen LogP contribution is -2.08. The van der Waals surface area contributed by atoms with E-state index in [0.717, 1.165) is 12.3 Å². The molecule has 1 heterocycles. The van der Waals surface area contributed by atoms with E-state index in [1.54, 1.807) is 11.3 Å². The number of benzene rings is 1. The van der Waals surface area contributed by atoms with Crippen LogP contribution in [0.2, 0.25) is 0 Å². The molecule has 0 aliphatic carbocycles. The lowest BCUT2D eigenvalue weighted by molar-refractivity contribution is 0.134. The van der Waals surface area contributed by atoms with Crippen molar-refractivity contribution < 1.29 is 4.74 Å². The van der Waals surface area contributed by atoms with Gasteiger partial charge in [-0.3, -0.25) is 0 Å². The van der Waals surface area contributed by atoms with Crippen LogP contribution in [0.5, 0.6) is 0 Å². The van der Waals surface area contributed by atoms with Gasteiger partial charge in [0.1, 0.15) is 0 Å². The first-order valence-corrected chi connectivity index (χ1v) is 7.56. The van der Waals surface area contributed by atoms with Crippen LogP contribution in [0, 0.1) is 6.92 Å². The van der Waals surface area contributed by atoms with Crippen LogP contribution in [0.1, 0.15) is 35.9 Å². The number of rotatable bonds is 6. The molecule has 0 amide bonds. The number of aryl methyl sites for hydroxylation is 1. The van der Waals surface area contributed by atoms with Crippen molar-refractivity contribution in [3.05, 3.63) is 51.7 Å². The Labute approximate surface area is 119 Å². The van der Waals surface area contributed by atoms with Gasteiger partial charge in [-0.25, -0.2) is 0 Å². The SMILES string of the molecule is CCOCc1ccccc1NC(C)c1sccc1C. The van der Waals surface area contributed by atoms with E-state index in [4.69, 9.17) is 4.74 Å². The van der Waals surface area contributed by atoms with E-state index in [2.05, 4.69) is 54.9 Å². The summed E-state index contributed by atoms with van der Waals surface area (Å²) >= 11 is 1.81. The van der Waals surface area contributed by atoms with Crippen molar-refractivity contribution in [1.29, 1.82) is 0 Å². The van der Waals surface area contributed by atoms with E-state index in [9.17, 15) is 0 Å². The Morgan fingerprint density at radius 3 is 2.74 bits per heavy atom. The van der Waals surface area contributed by atoms with E-state index < -0.39 is 0 Å². The lowest BCUT2D eigenvalue weighted by atomic mass is 10.1. The van der Waals surface area contributed by atoms with Crippen LogP contribution in [0.25, 0.3) is 0 Å². The van der Waals surface area contributed by atoms with Crippen LogP contribution in [0.3, 0.4) is 0 Å². The molecule has 0 saturated carbocycles. The van der Waals surface area contributed by atoms with Gasteiger partial charge in [-0.05, 0) is 43.8 Å². The maximum Gasteiger partial charge on any atom is 0.0736 e. The summed E-state index contributed by atoms with van der Waals surface area (Å²) in [5.41, 5.74) is 3.73. The summed E-state index contributed by atoms with van der Waals surface area (Å²) in [5.74, 6) is 0. The summed E-state index contributed by atoms with van der Waals surface area (Å²) < 4.78 is 5.52. The molecule has 102 valence electrons. The topological polar surface area (TPSA) is 21.3 Å². The minimum Gasteiger partial charge on any atom is -0.377 e. The highest BCUT2D eigenvalue weighted by Crippen LogP contribution is 2.28. The highest BCUT2D eigenvalue weighted by Gasteiger charge is 2.11. The Bertz CT molecular complexity index is 521. The minimum absolute atomic E-state index is 0.322. The van der Waals surface area contributed by atoms with Crippen LogP contribution >= 0.6 is 11.3 Å². The molecule has 0 fully saturated rings. The number of thiophene rings is 1. The van der Waals surface area contributed by atoms with Gasteiger partial charge >= 0.3 is 0 Å². The van der Waals surface area contributed by atoms with Crippen LogP contribution in [0.4, 0.5) is 5.69 Å². The molecule has 1 unspecified atom stereocenters. The second kappa shape index (κ2) is 6.73. The molecule has 0 aliphatic rings. The summed E-state index contributed by atoms with van der Waals surface area (Å²) in [4.78, 5) is 1.39. The quantitative estimate of drug-likeness (QED) is 0.820. The van der Waals surface area contributed by atoms with Crippen molar-refractivity contribution in [2.24, 2.45) is 0 Å². The van der Waals surface area contributed by atoms with E-state index in [1.165, 1.54) is 16.0 Å². The van der Waals surface area contributed by atoms with Gasteiger partial charge in [-0.15, -0.1) is 11.3 Å². The van der Waals surface area contributed by atoms with Gasteiger partial charge in [0, 0.05) is 22.7 Å². The maximum atomic E-state index is 5.52. The van der Waals surface area contributed by atoms with Crippen LogP contribution in [0.15, 0.2) is 35.7 Å². The Balaban J connectivity index is 2.12. The Morgan fingerprint density at radius 2 is 2.05 bits per heavy atom. The molecule has 0 radical (unpaired) electrons. The zero-order chi connectivity index (χ0) is 13.7. The van der Waals surface area contributed by atoms with E-state index >= 15 is 0 Å². The number of hydrogen-bond donors (Lipinski definition) is 1. The molecule has 0 saturated heterocycles. The van der Waals surface area contributed by atoms with Crippen molar-refractivity contribution in [1.82, 2.24) is 0 Å². The average molecular weight is 275 g/mol. The molecule has 1 aromatic heterocycles. The highest BCUT2D eigenvalue weighted by molar-refractivity contribution is 7.10. The standard InChI is InChI=1S/C16H21NOS/c1-4-18-11-14-7-5-6-8-15(14)17-13(3)16-12(2)9-10-19-16/h5-10,13,17H,4,11H2,1-3H3. The third kappa shape index (κ3) is 3.58. The molecule has 19 heavy (non-hydrogen) atoms. The fraction of sp³-hybridized carbons (Fsp3) is 0.375. The summed E-state index contributed by atoms with van der Waals surface area (Å²) in [6.45, 7) is 7.80. The molecule has 0 spiro atoms. The fourth-order valence-corrected chi connectivity index (χ4v) is 3.06.